The summed E-state index contributed by atoms with van der Waals surface area (Å²) < 4.78 is 0. The number of hydrogen-bond acceptors (Lipinski definition) is 13. The van der Waals surface area contributed by atoms with Crippen LogP contribution in [0.25, 0.3) is 0 Å². The summed E-state index contributed by atoms with van der Waals surface area (Å²) in [5.74, 6) is -9.83. The Morgan fingerprint density at radius 2 is 1.12 bits per heavy atom. The number of amides is 8. The number of unbranched alkanes of at least 4 members (excludes halogenated alkanes) is 1. The van der Waals surface area contributed by atoms with Crippen molar-refractivity contribution >= 4 is 53.2 Å². The molecule has 0 spiro atoms. The average molecular weight is 913 g/mol. The van der Waals surface area contributed by atoms with Gasteiger partial charge in [-0.2, -0.15) is 0 Å². The van der Waals surface area contributed by atoms with Gasteiger partial charge in [-0.25, -0.2) is 4.79 Å². The molecule has 8 amide bonds. The summed E-state index contributed by atoms with van der Waals surface area (Å²) >= 11 is 0. The third-order valence-corrected chi connectivity index (χ3v) is 10.4. The molecule has 0 radical (unpaired) electrons. The molecular weight excluding hydrogens is 849 g/mol. The topological polar surface area (TPSA) is 391 Å². The van der Waals surface area contributed by atoms with Gasteiger partial charge >= 0.3 is 5.97 Å². The van der Waals surface area contributed by atoms with Crippen molar-refractivity contribution in [3.8, 4) is 5.75 Å². The summed E-state index contributed by atoms with van der Waals surface area (Å²) in [6, 6.07) is 4.03. The van der Waals surface area contributed by atoms with Gasteiger partial charge in [0.05, 0.1) is 18.6 Å². The molecule has 0 aliphatic rings. The van der Waals surface area contributed by atoms with E-state index in [9.17, 15) is 58.5 Å². The highest BCUT2D eigenvalue weighted by molar-refractivity contribution is 5.98. The lowest BCUT2D eigenvalue weighted by Gasteiger charge is -2.30. The van der Waals surface area contributed by atoms with E-state index in [2.05, 4.69) is 31.9 Å². The number of nitrogens with one attached hydrogen (secondary N) is 6. The van der Waals surface area contributed by atoms with Crippen LogP contribution in [0.5, 0.6) is 5.75 Å². The molecule has 0 aliphatic heterocycles. The van der Waals surface area contributed by atoms with Crippen LogP contribution >= 0.6 is 0 Å². The first-order chi connectivity index (χ1) is 30.7. The Kier molecular flexibility index (Phi) is 23.1. The lowest BCUT2D eigenvalue weighted by molar-refractivity contribution is -0.142. The largest absolute Gasteiger partial charge is 0.508 e. The molecule has 65 heavy (non-hydrogen) atoms. The zero-order valence-corrected chi connectivity index (χ0v) is 36.8. The third kappa shape index (κ3) is 19.3. The Morgan fingerprint density at radius 3 is 1.68 bits per heavy atom. The normalized spacial score (nSPS) is 15.2. The number of carbonyl (C=O) groups excluding carboxylic acids is 8. The monoisotopic (exact) mass is 912 g/mol. The van der Waals surface area contributed by atoms with Gasteiger partial charge in [-0.3, -0.25) is 38.4 Å². The van der Waals surface area contributed by atoms with E-state index in [0.29, 0.717) is 24.8 Å². The van der Waals surface area contributed by atoms with Crippen molar-refractivity contribution in [1.82, 2.24) is 31.9 Å². The maximum Gasteiger partial charge on any atom is 0.326 e. The number of aromatic hydroxyl groups is 1. The summed E-state index contributed by atoms with van der Waals surface area (Å²) in [6.07, 6.45) is -2.16. The van der Waals surface area contributed by atoms with E-state index in [4.69, 9.17) is 22.9 Å². The van der Waals surface area contributed by atoms with Gasteiger partial charge in [-0.1, -0.05) is 62.7 Å². The third-order valence-electron chi connectivity index (χ3n) is 10.4. The number of primary amides is 2. The number of rotatable bonds is 29. The number of benzene rings is 2. The Balaban J connectivity index is 2.41. The molecule has 358 valence electrons. The SMILES string of the molecule is CC[C@H](C)[C@H](NC(=O)[C@@H](NC(=O)[C@@H](N)Cc1ccccc1)[C@@H](C)O)C(=O)N[C@@H](Cc1ccc(O)cc1)C(=O)N[C@@H](CC(N)=O)C(=O)N[C@@H](CCC(N)=O)C(=O)N[C@@H](CCCCN)C(=O)O. The number of carbonyl (C=O) groups is 9. The second-order valence-corrected chi connectivity index (χ2v) is 15.8. The smallest absolute Gasteiger partial charge is 0.326 e. The molecule has 0 saturated carbocycles. The van der Waals surface area contributed by atoms with Crippen LogP contribution in [0.4, 0.5) is 0 Å². The Labute approximate surface area is 376 Å². The highest BCUT2D eigenvalue weighted by atomic mass is 16.4. The van der Waals surface area contributed by atoms with Crippen molar-refractivity contribution in [2.45, 2.75) is 127 Å². The molecule has 9 atom stereocenters. The highest BCUT2D eigenvalue weighted by Gasteiger charge is 2.36. The molecule has 0 saturated heterocycles. The van der Waals surface area contributed by atoms with Crippen molar-refractivity contribution in [2.75, 3.05) is 6.54 Å². The van der Waals surface area contributed by atoms with Crippen molar-refractivity contribution in [3.63, 3.8) is 0 Å². The summed E-state index contributed by atoms with van der Waals surface area (Å²) in [6.45, 7) is 4.88. The van der Waals surface area contributed by atoms with E-state index in [-0.39, 0.29) is 31.6 Å². The molecule has 17 N–H and O–H groups in total. The number of aliphatic carboxylic acids is 1. The first kappa shape index (κ1) is 54.5. The fourth-order valence-corrected chi connectivity index (χ4v) is 6.44. The summed E-state index contributed by atoms with van der Waals surface area (Å²) in [5, 5.41) is 44.7. The van der Waals surface area contributed by atoms with Crippen LogP contribution in [0.15, 0.2) is 54.6 Å². The fraction of sp³-hybridized carbons (Fsp3) is 0.512. The van der Waals surface area contributed by atoms with Crippen molar-refractivity contribution in [2.24, 2.45) is 28.9 Å². The van der Waals surface area contributed by atoms with Crippen LogP contribution in [0.2, 0.25) is 0 Å². The number of hydrogen-bond donors (Lipinski definition) is 13. The highest BCUT2D eigenvalue weighted by Crippen LogP contribution is 2.15. The predicted molar refractivity (Wildman–Crippen MR) is 235 cm³/mol. The van der Waals surface area contributed by atoms with Gasteiger partial charge in [0, 0.05) is 12.8 Å². The van der Waals surface area contributed by atoms with Crippen molar-refractivity contribution in [1.29, 1.82) is 0 Å². The second-order valence-electron chi connectivity index (χ2n) is 15.8. The number of nitrogens with two attached hydrogens (primary N) is 4. The van der Waals surface area contributed by atoms with Crippen molar-refractivity contribution < 1.29 is 58.5 Å². The van der Waals surface area contributed by atoms with Gasteiger partial charge < -0.3 is 70.2 Å². The zero-order chi connectivity index (χ0) is 48.8. The number of aliphatic hydroxyl groups excluding tert-OH is 1. The van der Waals surface area contributed by atoms with E-state index in [1.165, 1.54) is 31.2 Å². The average Bonchev–Trinajstić information content (AvgIpc) is 3.25. The fourth-order valence-electron chi connectivity index (χ4n) is 6.44. The minimum Gasteiger partial charge on any atom is -0.508 e. The second kappa shape index (κ2) is 27.5. The first-order valence-corrected chi connectivity index (χ1v) is 21.2. The standard InChI is InChI=1S/C43H64N10O12/c1-4-23(2)35(52-42(63)36(24(3)54)53-37(58)28(45)20-25-10-6-5-7-11-25)41(62)51-31(21-26-13-15-27(55)16-14-26)39(60)50-32(22-34(47)57)40(61)48-29(17-18-33(46)56)38(59)49-30(43(64)65)12-8-9-19-44/h5-7,10-11,13-16,23-24,28-32,35-36,54-55H,4,8-9,12,17-22,44-45H2,1-3H3,(H2,46,56)(H2,47,57)(H,48,61)(H,49,59)(H,50,60)(H,51,62)(H,52,63)(H,53,58)(H,64,65)/t23-,24+,28-,29-,30-,31-,32-,35-,36-/m0/s1. The molecule has 22 heteroatoms. The molecule has 0 bridgehead atoms. The van der Waals surface area contributed by atoms with E-state index in [1.54, 1.807) is 44.2 Å². The number of carboxylic acids is 1. The number of carboxylic acid groups (broad SMARTS) is 1. The molecular formula is C43H64N10O12. The van der Waals surface area contributed by atoms with Crippen LogP contribution in [-0.2, 0) is 56.0 Å². The summed E-state index contributed by atoms with van der Waals surface area (Å²) in [7, 11) is 0. The molecule has 0 fully saturated rings. The number of phenolic OH excluding ortho intramolecular Hbond substituents is 1. The lowest BCUT2D eigenvalue weighted by Crippen LogP contribution is -2.62. The number of phenols is 1. The van der Waals surface area contributed by atoms with Crippen molar-refractivity contribution in [3.05, 3.63) is 65.7 Å². The van der Waals surface area contributed by atoms with E-state index in [0.717, 1.165) is 5.56 Å². The van der Waals surface area contributed by atoms with Gasteiger partial charge in [0.2, 0.25) is 47.3 Å². The van der Waals surface area contributed by atoms with Gasteiger partial charge in [-0.05, 0) is 74.8 Å². The Bertz CT molecular complexity index is 1940. The van der Waals surface area contributed by atoms with Crippen LogP contribution in [0.3, 0.4) is 0 Å². The first-order valence-electron chi connectivity index (χ1n) is 21.2. The molecule has 0 aliphatic carbocycles. The molecule has 0 unspecified atom stereocenters. The van der Waals surface area contributed by atoms with Crippen LogP contribution in [0.1, 0.15) is 76.8 Å². The Hall–Kier alpha value is -6.65. The van der Waals surface area contributed by atoms with Crippen LogP contribution in [-0.4, -0.2) is 123 Å². The van der Waals surface area contributed by atoms with E-state index < -0.39 is 127 Å². The quantitative estimate of drug-likeness (QED) is 0.0367. The molecule has 2 aromatic rings. The number of aliphatic hydroxyl groups is 1. The molecule has 22 nitrogen and oxygen atoms in total. The minimum absolute atomic E-state index is 0.00751. The zero-order valence-electron chi connectivity index (χ0n) is 36.8. The van der Waals surface area contributed by atoms with Crippen LogP contribution < -0.4 is 54.8 Å². The predicted octanol–water partition coefficient (Wildman–Crippen LogP) is -2.81. The summed E-state index contributed by atoms with van der Waals surface area (Å²) in [5.41, 5.74) is 23.5. The van der Waals surface area contributed by atoms with E-state index in [1.807, 2.05) is 0 Å². The molecule has 0 aromatic heterocycles. The molecule has 2 aromatic carbocycles. The summed E-state index contributed by atoms with van der Waals surface area (Å²) in [4.78, 5) is 118. The lowest BCUT2D eigenvalue weighted by atomic mass is 9.96. The maximum atomic E-state index is 14.1. The van der Waals surface area contributed by atoms with E-state index >= 15 is 0 Å². The van der Waals surface area contributed by atoms with Gasteiger partial charge in [-0.15, -0.1) is 0 Å². The Morgan fingerprint density at radius 1 is 0.600 bits per heavy atom. The van der Waals surface area contributed by atoms with Crippen LogP contribution in [0, 0.1) is 5.92 Å². The molecule has 0 heterocycles. The molecule has 2 rings (SSSR count). The van der Waals surface area contributed by atoms with Gasteiger partial charge in [0.15, 0.2) is 0 Å². The van der Waals surface area contributed by atoms with Gasteiger partial charge in [0.25, 0.3) is 0 Å². The maximum absolute atomic E-state index is 14.1. The minimum atomic E-state index is -1.79. The van der Waals surface area contributed by atoms with Gasteiger partial charge in [0.1, 0.15) is 42.0 Å².